The van der Waals surface area contributed by atoms with Crippen molar-refractivity contribution in [3.63, 3.8) is 0 Å². The summed E-state index contributed by atoms with van der Waals surface area (Å²) in [6.45, 7) is 2.15. The van der Waals surface area contributed by atoms with Crippen molar-refractivity contribution in [3.8, 4) is 11.5 Å². The minimum absolute atomic E-state index is 0.239. The molecule has 0 unspecified atom stereocenters. The van der Waals surface area contributed by atoms with Crippen LogP contribution in [-0.2, 0) is 9.53 Å². The monoisotopic (exact) mass is 400 g/mol. The highest BCUT2D eigenvalue weighted by atomic mass is 16.5. The Hall–Kier alpha value is -3.55. The van der Waals surface area contributed by atoms with Crippen LogP contribution in [0.5, 0.6) is 11.5 Å². The number of nitrogens with one attached hydrogen (secondary N) is 1. The molecule has 8 nitrogen and oxygen atoms in total. The van der Waals surface area contributed by atoms with Gasteiger partial charge < -0.3 is 25.3 Å². The number of carbonyl (C=O) groups excluding carboxylic acids is 3. The number of methoxy groups -OCH3 is 1. The summed E-state index contributed by atoms with van der Waals surface area (Å²) in [5.41, 5.74) is 6.18. The largest absolute Gasteiger partial charge is 0.493 e. The topological polar surface area (TPSA) is 117 Å². The van der Waals surface area contributed by atoms with Crippen LogP contribution < -0.4 is 20.5 Å². The first kappa shape index (κ1) is 21.7. The molecule has 0 radical (unpaired) electrons. The second-order valence-electron chi connectivity index (χ2n) is 6.13. The molecule has 0 saturated carbocycles. The molecule has 3 N–H and O–H groups in total. The fourth-order valence-corrected chi connectivity index (χ4v) is 2.37. The number of esters is 1. The number of amides is 2. The zero-order valence-corrected chi connectivity index (χ0v) is 16.4. The maximum Gasteiger partial charge on any atom is 0.338 e. The van der Waals surface area contributed by atoms with E-state index in [1.165, 1.54) is 37.4 Å². The number of nitrogens with two attached hydrogens (primary N) is 1. The van der Waals surface area contributed by atoms with Crippen molar-refractivity contribution < 1.29 is 28.6 Å². The molecule has 0 spiro atoms. The average Bonchev–Trinajstić information content (AvgIpc) is 2.72. The molecule has 2 aromatic rings. The summed E-state index contributed by atoms with van der Waals surface area (Å²) < 4.78 is 15.9. The van der Waals surface area contributed by atoms with Crippen molar-refractivity contribution in [2.45, 2.75) is 19.8 Å². The number of carbonyl (C=O) groups is 3. The smallest absolute Gasteiger partial charge is 0.338 e. The SMILES string of the molecule is CCCCOc1ccc(C(=O)OCC(=O)Nc2ccc(C(N)=O)cc2)cc1OC. The quantitative estimate of drug-likeness (QED) is 0.468. The minimum atomic E-state index is -0.664. The van der Waals surface area contributed by atoms with Crippen LogP contribution in [0.15, 0.2) is 42.5 Å². The maximum atomic E-state index is 12.2. The first-order valence-electron chi connectivity index (χ1n) is 9.12. The molecule has 0 saturated heterocycles. The summed E-state index contributed by atoms with van der Waals surface area (Å²) in [7, 11) is 1.48. The Morgan fingerprint density at radius 1 is 1.00 bits per heavy atom. The van der Waals surface area contributed by atoms with Crippen molar-refractivity contribution in [1.82, 2.24) is 0 Å². The fourth-order valence-electron chi connectivity index (χ4n) is 2.37. The molecule has 0 fully saturated rings. The van der Waals surface area contributed by atoms with Gasteiger partial charge in [-0.15, -0.1) is 0 Å². The van der Waals surface area contributed by atoms with Crippen LogP contribution in [0.3, 0.4) is 0 Å². The van der Waals surface area contributed by atoms with Gasteiger partial charge in [-0.3, -0.25) is 9.59 Å². The molecule has 2 amide bonds. The summed E-state index contributed by atoms with van der Waals surface area (Å²) in [6, 6.07) is 10.7. The van der Waals surface area contributed by atoms with E-state index in [-0.39, 0.29) is 5.56 Å². The second kappa shape index (κ2) is 10.7. The molecule has 29 heavy (non-hydrogen) atoms. The van der Waals surface area contributed by atoms with Gasteiger partial charge in [0.1, 0.15) is 0 Å². The van der Waals surface area contributed by atoms with Crippen LogP contribution in [0.4, 0.5) is 5.69 Å². The number of hydrogen-bond acceptors (Lipinski definition) is 6. The molecule has 8 heteroatoms. The van der Waals surface area contributed by atoms with Crippen molar-refractivity contribution in [1.29, 1.82) is 0 Å². The predicted octanol–water partition coefficient (Wildman–Crippen LogP) is 2.77. The Labute approximate surface area is 168 Å². The molecular formula is C21H24N2O6. The van der Waals surface area contributed by atoms with E-state index in [4.69, 9.17) is 19.9 Å². The van der Waals surface area contributed by atoms with Gasteiger partial charge in [0.25, 0.3) is 5.91 Å². The van der Waals surface area contributed by atoms with Crippen LogP contribution in [0.25, 0.3) is 0 Å². The lowest BCUT2D eigenvalue weighted by atomic mass is 10.2. The summed E-state index contributed by atoms with van der Waals surface area (Å²) in [5.74, 6) is -0.794. The average molecular weight is 400 g/mol. The zero-order chi connectivity index (χ0) is 21.2. The first-order chi connectivity index (χ1) is 13.9. The third-order valence-corrected chi connectivity index (χ3v) is 3.94. The van der Waals surface area contributed by atoms with Gasteiger partial charge >= 0.3 is 5.97 Å². The number of hydrogen-bond donors (Lipinski definition) is 2. The molecular weight excluding hydrogens is 376 g/mol. The van der Waals surface area contributed by atoms with E-state index in [9.17, 15) is 14.4 Å². The normalized spacial score (nSPS) is 10.1. The predicted molar refractivity (Wildman–Crippen MR) is 107 cm³/mol. The number of benzene rings is 2. The van der Waals surface area contributed by atoms with Gasteiger partial charge in [0.05, 0.1) is 19.3 Å². The lowest BCUT2D eigenvalue weighted by molar-refractivity contribution is -0.119. The Morgan fingerprint density at radius 2 is 1.69 bits per heavy atom. The van der Waals surface area contributed by atoms with Crippen LogP contribution >= 0.6 is 0 Å². The number of anilines is 1. The van der Waals surface area contributed by atoms with Crippen LogP contribution in [0, 0.1) is 0 Å². The highest BCUT2D eigenvalue weighted by Gasteiger charge is 2.14. The molecule has 0 aromatic heterocycles. The molecule has 2 rings (SSSR count). The minimum Gasteiger partial charge on any atom is -0.493 e. The Bertz CT molecular complexity index is 864. The second-order valence-corrected chi connectivity index (χ2v) is 6.13. The van der Waals surface area contributed by atoms with Crippen LogP contribution in [0.2, 0.25) is 0 Å². The fraction of sp³-hybridized carbons (Fsp3) is 0.286. The third-order valence-electron chi connectivity index (χ3n) is 3.94. The lowest BCUT2D eigenvalue weighted by Gasteiger charge is -2.12. The summed E-state index contributed by atoms with van der Waals surface area (Å²) in [4.78, 5) is 35.2. The van der Waals surface area contributed by atoms with Crippen molar-refractivity contribution in [2.75, 3.05) is 25.6 Å². The van der Waals surface area contributed by atoms with Gasteiger partial charge in [-0.1, -0.05) is 13.3 Å². The lowest BCUT2D eigenvalue weighted by Crippen LogP contribution is -2.21. The Morgan fingerprint density at radius 3 is 2.31 bits per heavy atom. The van der Waals surface area contributed by atoms with Crippen molar-refractivity contribution in [3.05, 3.63) is 53.6 Å². The van der Waals surface area contributed by atoms with Gasteiger partial charge in [-0.25, -0.2) is 4.79 Å². The highest BCUT2D eigenvalue weighted by Crippen LogP contribution is 2.28. The number of ether oxygens (including phenoxy) is 3. The molecule has 2 aromatic carbocycles. The van der Waals surface area contributed by atoms with Crippen LogP contribution in [0.1, 0.15) is 40.5 Å². The van der Waals surface area contributed by atoms with Gasteiger partial charge in [0.15, 0.2) is 18.1 Å². The zero-order valence-electron chi connectivity index (χ0n) is 16.4. The van der Waals surface area contributed by atoms with E-state index in [0.29, 0.717) is 29.4 Å². The van der Waals surface area contributed by atoms with E-state index in [1.54, 1.807) is 12.1 Å². The van der Waals surface area contributed by atoms with Crippen LogP contribution in [-0.4, -0.2) is 38.1 Å². The number of primary amides is 1. The van der Waals surface area contributed by atoms with E-state index in [0.717, 1.165) is 12.8 Å². The standard InChI is InChI=1S/C21H24N2O6/c1-3-4-11-28-17-10-7-15(12-18(17)27-2)21(26)29-13-19(24)23-16-8-5-14(6-9-16)20(22)25/h5-10,12H,3-4,11,13H2,1-2H3,(H2,22,25)(H,23,24). The summed E-state index contributed by atoms with van der Waals surface area (Å²) in [6.07, 6.45) is 1.91. The van der Waals surface area contributed by atoms with Crippen molar-refractivity contribution in [2.24, 2.45) is 5.73 Å². The summed E-state index contributed by atoms with van der Waals surface area (Å²) in [5, 5.41) is 2.56. The molecule has 0 atom stereocenters. The van der Waals surface area contributed by atoms with Gasteiger partial charge in [-0.05, 0) is 48.9 Å². The Balaban J connectivity index is 1.90. The Kier molecular flexibility index (Phi) is 8.02. The van der Waals surface area contributed by atoms with E-state index >= 15 is 0 Å². The highest BCUT2D eigenvalue weighted by molar-refractivity contribution is 5.97. The molecule has 0 heterocycles. The van der Waals surface area contributed by atoms with Gasteiger partial charge in [0, 0.05) is 11.3 Å². The first-order valence-corrected chi connectivity index (χ1v) is 9.12. The number of unbranched alkanes of at least 4 members (excludes halogenated alkanes) is 1. The van der Waals surface area contributed by atoms with Gasteiger partial charge in [0.2, 0.25) is 5.91 Å². The molecule has 0 aliphatic carbocycles. The third kappa shape index (κ3) is 6.53. The molecule has 0 bridgehead atoms. The maximum absolute atomic E-state index is 12.2. The van der Waals surface area contributed by atoms with E-state index in [1.807, 2.05) is 0 Å². The number of rotatable bonds is 10. The molecule has 154 valence electrons. The molecule has 0 aliphatic heterocycles. The van der Waals surface area contributed by atoms with Crippen molar-refractivity contribution >= 4 is 23.5 Å². The summed E-state index contributed by atoms with van der Waals surface area (Å²) >= 11 is 0. The van der Waals surface area contributed by atoms with E-state index in [2.05, 4.69) is 12.2 Å². The molecule has 0 aliphatic rings. The van der Waals surface area contributed by atoms with Gasteiger partial charge in [-0.2, -0.15) is 0 Å². The van der Waals surface area contributed by atoms with E-state index < -0.39 is 24.4 Å².